The van der Waals surface area contributed by atoms with Gasteiger partial charge < -0.3 is 15.4 Å². The second kappa shape index (κ2) is 6.42. The number of methoxy groups -OCH3 is 1. The van der Waals surface area contributed by atoms with Crippen LogP contribution < -0.4 is 10.6 Å². The van der Waals surface area contributed by atoms with Crippen LogP contribution in [-0.2, 0) is 9.53 Å². The molecule has 0 radical (unpaired) electrons. The first-order valence-corrected chi connectivity index (χ1v) is 5.81. The van der Waals surface area contributed by atoms with Gasteiger partial charge in [-0.25, -0.2) is 0 Å². The Morgan fingerprint density at radius 3 is 2.75 bits per heavy atom. The number of carbonyl (C=O) groups excluding carboxylic acids is 1. The summed E-state index contributed by atoms with van der Waals surface area (Å²) >= 11 is 0. The van der Waals surface area contributed by atoms with E-state index in [-0.39, 0.29) is 30.3 Å². The van der Waals surface area contributed by atoms with Gasteiger partial charge in [0.05, 0.1) is 18.6 Å². The van der Waals surface area contributed by atoms with E-state index in [1.165, 1.54) is 12.8 Å². The zero-order valence-corrected chi connectivity index (χ0v) is 10.5. The van der Waals surface area contributed by atoms with Crippen LogP contribution in [0.25, 0.3) is 0 Å². The van der Waals surface area contributed by atoms with Gasteiger partial charge in [-0.2, -0.15) is 0 Å². The number of hydrogen-bond donors (Lipinski definition) is 2. The maximum atomic E-state index is 11.9. The zero-order chi connectivity index (χ0) is 10.7. The van der Waals surface area contributed by atoms with Gasteiger partial charge in [0.25, 0.3) is 0 Å². The third-order valence-electron chi connectivity index (χ3n) is 3.30. The van der Waals surface area contributed by atoms with E-state index in [1.807, 2.05) is 0 Å². The molecule has 16 heavy (non-hydrogen) atoms. The lowest BCUT2D eigenvalue weighted by atomic mass is 10.1. The Bertz CT molecular complexity index is 228. The van der Waals surface area contributed by atoms with Crippen LogP contribution in [-0.4, -0.2) is 38.8 Å². The first-order chi connectivity index (χ1) is 7.31. The Hall–Kier alpha value is -0.320. The summed E-state index contributed by atoms with van der Waals surface area (Å²) in [6.45, 7) is 2.45. The standard InChI is InChI=1S/C11H20N2O2.ClH/c1-15-7-10(8-2-3-8)13-11(14)9-4-5-12-6-9;/h8-10,12H,2-7H2,1H3,(H,13,14);1H/t9-,10?;/m1./s1. The highest BCUT2D eigenvalue weighted by molar-refractivity contribution is 5.85. The lowest BCUT2D eigenvalue weighted by Gasteiger charge is -2.19. The number of carbonyl (C=O) groups is 1. The summed E-state index contributed by atoms with van der Waals surface area (Å²) in [4.78, 5) is 11.9. The number of halogens is 1. The molecule has 1 saturated heterocycles. The van der Waals surface area contributed by atoms with E-state index < -0.39 is 0 Å². The molecule has 1 heterocycles. The van der Waals surface area contributed by atoms with E-state index in [2.05, 4.69) is 10.6 Å². The summed E-state index contributed by atoms with van der Waals surface area (Å²) in [5.41, 5.74) is 0. The number of hydrogen-bond acceptors (Lipinski definition) is 3. The minimum absolute atomic E-state index is 0. The normalized spacial score (nSPS) is 25.9. The Morgan fingerprint density at radius 2 is 2.25 bits per heavy atom. The molecule has 2 atom stereocenters. The Kier molecular flexibility index (Phi) is 5.52. The molecule has 1 aliphatic carbocycles. The average Bonchev–Trinajstić information content (AvgIpc) is 2.92. The molecular formula is C11H21ClN2O2. The summed E-state index contributed by atoms with van der Waals surface area (Å²) in [5, 5.41) is 6.33. The Balaban J connectivity index is 0.00000128. The molecule has 2 fully saturated rings. The van der Waals surface area contributed by atoms with Gasteiger partial charge in [-0.15, -0.1) is 12.4 Å². The molecule has 0 aromatic carbocycles. The van der Waals surface area contributed by atoms with Gasteiger partial charge >= 0.3 is 0 Å². The predicted octanol–water partition coefficient (Wildman–Crippen LogP) is 0.559. The second-order valence-electron chi connectivity index (χ2n) is 4.60. The van der Waals surface area contributed by atoms with Crippen molar-refractivity contribution in [3.63, 3.8) is 0 Å². The van der Waals surface area contributed by atoms with Crippen LogP contribution in [0.4, 0.5) is 0 Å². The number of amides is 1. The van der Waals surface area contributed by atoms with E-state index in [9.17, 15) is 4.79 Å². The smallest absolute Gasteiger partial charge is 0.224 e. The van der Waals surface area contributed by atoms with Crippen LogP contribution in [0.3, 0.4) is 0 Å². The van der Waals surface area contributed by atoms with Crippen molar-refractivity contribution in [1.82, 2.24) is 10.6 Å². The molecular weight excluding hydrogens is 228 g/mol. The van der Waals surface area contributed by atoms with Crippen molar-refractivity contribution in [3.8, 4) is 0 Å². The van der Waals surface area contributed by atoms with Gasteiger partial charge in [-0.1, -0.05) is 0 Å². The number of nitrogens with one attached hydrogen (secondary N) is 2. The average molecular weight is 249 g/mol. The first kappa shape index (κ1) is 13.7. The molecule has 1 aliphatic heterocycles. The number of rotatable bonds is 5. The van der Waals surface area contributed by atoms with Crippen molar-refractivity contribution >= 4 is 18.3 Å². The predicted molar refractivity (Wildman–Crippen MR) is 64.8 cm³/mol. The second-order valence-corrected chi connectivity index (χ2v) is 4.60. The van der Waals surface area contributed by atoms with Crippen LogP contribution in [0.5, 0.6) is 0 Å². The molecule has 0 aromatic heterocycles. The highest BCUT2D eigenvalue weighted by atomic mass is 35.5. The highest BCUT2D eigenvalue weighted by Crippen LogP contribution is 2.32. The first-order valence-electron chi connectivity index (χ1n) is 5.81. The summed E-state index contributed by atoms with van der Waals surface area (Å²) in [6, 6.07) is 0.239. The van der Waals surface area contributed by atoms with Crippen molar-refractivity contribution < 1.29 is 9.53 Å². The molecule has 1 saturated carbocycles. The molecule has 0 spiro atoms. The van der Waals surface area contributed by atoms with Crippen LogP contribution in [0.15, 0.2) is 0 Å². The zero-order valence-electron chi connectivity index (χ0n) is 9.70. The van der Waals surface area contributed by atoms with Crippen molar-refractivity contribution in [2.24, 2.45) is 11.8 Å². The van der Waals surface area contributed by atoms with Gasteiger partial charge in [-0.05, 0) is 31.7 Å². The molecule has 1 amide bonds. The van der Waals surface area contributed by atoms with E-state index in [4.69, 9.17) is 4.74 Å². The molecule has 5 heteroatoms. The molecule has 2 N–H and O–H groups in total. The molecule has 1 unspecified atom stereocenters. The van der Waals surface area contributed by atoms with Crippen molar-refractivity contribution in [3.05, 3.63) is 0 Å². The van der Waals surface area contributed by atoms with Crippen LogP contribution in [0.1, 0.15) is 19.3 Å². The summed E-state index contributed by atoms with van der Waals surface area (Å²) in [5.74, 6) is 1.03. The summed E-state index contributed by atoms with van der Waals surface area (Å²) in [7, 11) is 1.69. The largest absolute Gasteiger partial charge is 0.383 e. The fourth-order valence-corrected chi connectivity index (χ4v) is 2.15. The highest BCUT2D eigenvalue weighted by Gasteiger charge is 2.34. The third kappa shape index (κ3) is 3.61. The minimum Gasteiger partial charge on any atom is -0.383 e. The molecule has 2 aliphatic rings. The van der Waals surface area contributed by atoms with E-state index in [1.54, 1.807) is 7.11 Å². The molecule has 0 aromatic rings. The van der Waals surface area contributed by atoms with Gasteiger partial charge in [0, 0.05) is 13.7 Å². The van der Waals surface area contributed by atoms with E-state index >= 15 is 0 Å². The van der Waals surface area contributed by atoms with E-state index in [0.717, 1.165) is 19.5 Å². The summed E-state index contributed by atoms with van der Waals surface area (Å²) < 4.78 is 5.14. The van der Waals surface area contributed by atoms with Gasteiger partial charge in [0.2, 0.25) is 5.91 Å². The maximum Gasteiger partial charge on any atom is 0.224 e. The lowest BCUT2D eigenvalue weighted by Crippen LogP contribution is -2.43. The molecule has 0 bridgehead atoms. The summed E-state index contributed by atoms with van der Waals surface area (Å²) in [6.07, 6.45) is 3.44. The Labute approximate surface area is 103 Å². The molecule has 2 rings (SSSR count). The van der Waals surface area contributed by atoms with Crippen molar-refractivity contribution in [2.45, 2.75) is 25.3 Å². The number of ether oxygens (including phenoxy) is 1. The minimum atomic E-state index is 0. The molecule has 4 nitrogen and oxygen atoms in total. The lowest BCUT2D eigenvalue weighted by molar-refractivity contribution is -0.125. The monoisotopic (exact) mass is 248 g/mol. The maximum absolute atomic E-state index is 11.9. The SMILES string of the molecule is COCC(NC(=O)[C@@H]1CCNC1)C1CC1.Cl. The Morgan fingerprint density at radius 1 is 1.50 bits per heavy atom. The van der Waals surface area contributed by atoms with Crippen LogP contribution in [0, 0.1) is 11.8 Å². The quantitative estimate of drug-likeness (QED) is 0.748. The van der Waals surface area contributed by atoms with Crippen molar-refractivity contribution in [2.75, 3.05) is 26.8 Å². The third-order valence-corrected chi connectivity index (χ3v) is 3.30. The van der Waals surface area contributed by atoms with Gasteiger partial charge in [0.1, 0.15) is 0 Å². The van der Waals surface area contributed by atoms with E-state index in [0.29, 0.717) is 12.5 Å². The fraction of sp³-hybridized carbons (Fsp3) is 0.909. The van der Waals surface area contributed by atoms with Crippen LogP contribution >= 0.6 is 12.4 Å². The van der Waals surface area contributed by atoms with Gasteiger partial charge in [0.15, 0.2) is 0 Å². The van der Waals surface area contributed by atoms with Crippen LogP contribution in [0.2, 0.25) is 0 Å². The molecule has 94 valence electrons. The van der Waals surface area contributed by atoms with Crippen molar-refractivity contribution in [1.29, 1.82) is 0 Å². The fourth-order valence-electron chi connectivity index (χ4n) is 2.15. The topological polar surface area (TPSA) is 50.4 Å². The van der Waals surface area contributed by atoms with Gasteiger partial charge in [-0.3, -0.25) is 4.79 Å².